The second-order valence-corrected chi connectivity index (χ2v) is 7.71. The molecule has 3 rings (SSSR count). The van der Waals surface area contributed by atoms with Gasteiger partial charge in [-0.05, 0) is 49.2 Å². The van der Waals surface area contributed by atoms with E-state index in [-0.39, 0.29) is 36.9 Å². The predicted octanol–water partition coefficient (Wildman–Crippen LogP) is 2.92. The Bertz CT molecular complexity index is 837. The van der Waals surface area contributed by atoms with Crippen molar-refractivity contribution in [3.63, 3.8) is 0 Å². The topological polar surface area (TPSA) is 72.9 Å². The summed E-state index contributed by atoms with van der Waals surface area (Å²) >= 11 is 0. The highest BCUT2D eigenvalue weighted by atomic mass is 35.5. The van der Waals surface area contributed by atoms with E-state index in [1.54, 1.807) is 0 Å². The Labute approximate surface area is 178 Å². The molecule has 0 aliphatic carbocycles. The molecule has 1 heterocycles. The van der Waals surface area contributed by atoms with Gasteiger partial charge in [0.15, 0.2) is 0 Å². The SMILES string of the molecule is CC(NC(=O)CN1CCC(N(C)CC(=O)O)CC1)c1ccc2ccccc2c1.Cl. The van der Waals surface area contributed by atoms with Gasteiger partial charge in [0.2, 0.25) is 5.91 Å². The quantitative estimate of drug-likeness (QED) is 0.721. The summed E-state index contributed by atoms with van der Waals surface area (Å²) in [5.41, 5.74) is 1.10. The number of piperidine rings is 1. The van der Waals surface area contributed by atoms with Gasteiger partial charge < -0.3 is 10.4 Å². The van der Waals surface area contributed by atoms with Crippen molar-refractivity contribution < 1.29 is 14.7 Å². The summed E-state index contributed by atoms with van der Waals surface area (Å²) in [6, 6.07) is 14.7. The zero-order valence-corrected chi connectivity index (χ0v) is 17.8. The number of aliphatic carboxylic acids is 1. The van der Waals surface area contributed by atoms with Crippen LogP contribution in [0.25, 0.3) is 10.8 Å². The molecule has 0 aromatic heterocycles. The van der Waals surface area contributed by atoms with Gasteiger partial charge in [-0.2, -0.15) is 0 Å². The van der Waals surface area contributed by atoms with Crippen LogP contribution in [0.15, 0.2) is 42.5 Å². The number of carboxylic acids is 1. The molecule has 2 aromatic rings. The molecule has 0 saturated carbocycles. The first-order valence-electron chi connectivity index (χ1n) is 9.85. The number of nitrogens with one attached hydrogen (secondary N) is 1. The summed E-state index contributed by atoms with van der Waals surface area (Å²) in [6.07, 6.45) is 1.77. The number of benzene rings is 2. The van der Waals surface area contributed by atoms with Gasteiger partial charge in [0.25, 0.3) is 0 Å². The normalized spacial score (nSPS) is 16.4. The molecule has 1 fully saturated rings. The average Bonchev–Trinajstić information content (AvgIpc) is 2.67. The molecular formula is C22H30ClN3O3. The minimum absolute atomic E-state index is 0. The van der Waals surface area contributed by atoms with Crippen LogP contribution < -0.4 is 5.32 Å². The molecule has 1 unspecified atom stereocenters. The molecule has 0 spiro atoms. The largest absolute Gasteiger partial charge is 0.480 e. The molecule has 6 nitrogen and oxygen atoms in total. The Morgan fingerprint density at radius 2 is 1.83 bits per heavy atom. The van der Waals surface area contributed by atoms with Crippen LogP contribution in [-0.2, 0) is 9.59 Å². The molecule has 2 aromatic carbocycles. The molecule has 1 aliphatic heterocycles. The van der Waals surface area contributed by atoms with Gasteiger partial charge in [-0.1, -0.05) is 36.4 Å². The van der Waals surface area contributed by atoms with Crippen LogP contribution in [0.5, 0.6) is 0 Å². The number of carbonyl (C=O) groups is 2. The first kappa shape index (κ1) is 23.1. The van der Waals surface area contributed by atoms with Crippen LogP contribution in [0, 0.1) is 0 Å². The highest BCUT2D eigenvalue weighted by Crippen LogP contribution is 2.20. The second kappa shape index (κ2) is 10.6. The lowest BCUT2D eigenvalue weighted by Gasteiger charge is -2.35. The summed E-state index contributed by atoms with van der Waals surface area (Å²) in [6.45, 7) is 4.08. The molecule has 0 bridgehead atoms. The summed E-state index contributed by atoms with van der Waals surface area (Å²) in [7, 11) is 1.85. The van der Waals surface area contributed by atoms with Gasteiger partial charge in [0.1, 0.15) is 0 Å². The highest BCUT2D eigenvalue weighted by Gasteiger charge is 2.24. The Morgan fingerprint density at radius 1 is 1.17 bits per heavy atom. The fourth-order valence-electron chi connectivity index (χ4n) is 3.91. The zero-order chi connectivity index (χ0) is 20.1. The molecule has 7 heteroatoms. The fourth-order valence-corrected chi connectivity index (χ4v) is 3.91. The van der Waals surface area contributed by atoms with E-state index in [0.717, 1.165) is 31.5 Å². The van der Waals surface area contributed by atoms with Gasteiger partial charge >= 0.3 is 5.97 Å². The number of rotatable bonds is 7. The number of carboxylic acid groups (broad SMARTS) is 1. The summed E-state index contributed by atoms with van der Waals surface area (Å²) in [5.74, 6) is -0.773. The number of fused-ring (bicyclic) bond motifs is 1. The van der Waals surface area contributed by atoms with E-state index in [1.165, 1.54) is 10.8 Å². The number of hydrogen-bond donors (Lipinski definition) is 2. The highest BCUT2D eigenvalue weighted by molar-refractivity contribution is 5.85. The maximum absolute atomic E-state index is 12.5. The van der Waals surface area contributed by atoms with E-state index in [2.05, 4.69) is 40.5 Å². The third-order valence-electron chi connectivity index (χ3n) is 5.58. The number of carbonyl (C=O) groups excluding carboxylic acids is 1. The molecule has 1 atom stereocenters. The Balaban J connectivity index is 0.00000300. The van der Waals surface area contributed by atoms with E-state index in [0.29, 0.717) is 6.54 Å². The minimum atomic E-state index is -0.799. The number of halogens is 1. The lowest BCUT2D eigenvalue weighted by atomic mass is 10.0. The number of hydrogen-bond acceptors (Lipinski definition) is 4. The Morgan fingerprint density at radius 3 is 2.48 bits per heavy atom. The summed E-state index contributed by atoms with van der Waals surface area (Å²) < 4.78 is 0. The van der Waals surface area contributed by atoms with Gasteiger partial charge in [-0.15, -0.1) is 12.4 Å². The van der Waals surface area contributed by atoms with Crippen molar-refractivity contribution in [3.05, 3.63) is 48.0 Å². The van der Waals surface area contributed by atoms with Gasteiger partial charge in [0.05, 0.1) is 19.1 Å². The zero-order valence-electron chi connectivity index (χ0n) is 17.0. The van der Waals surface area contributed by atoms with Crippen molar-refractivity contribution in [2.75, 3.05) is 33.2 Å². The van der Waals surface area contributed by atoms with Crippen LogP contribution in [0.4, 0.5) is 0 Å². The Hall–Kier alpha value is -2.15. The number of nitrogens with zero attached hydrogens (tertiary/aromatic N) is 2. The lowest BCUT2D eigenvalue weighted by Crippen LogP contribution is -2.47. The first-order valence-corrected chi connectivity index (χ1v) is 9.85. The van der Waals surface area contributed by atoms with Crippen molar-refractivity contribution in [3.8, 4) is 0 Å². The number of amides is 1. The molecular weight excluding hydrogens is 390 g/mol. The van der Waals surface area contributed by atoms with E-state index in [9.17, 15) is 9.59 Å². The first-order chi connectivity index (χ1) is 13.4. The Kier molecular flexibility index (Phi) is 8.44. The van der Waals surface area contributed by atoms with Crippen molar-refractivity contribution in [1.29, 1.82) is 0 Å². The van der Waals surface area contributed by atoms with Crippen molar-refractivity contribution in [2.45, 2.75) is 31.8 Å². The van der Waals surface area contributed by atoms with Crippen LogP contribution in [-0.4, -0.2) is 66.1 Å². The third kappa shape index (κ3) is 6.42. The van der Waals surface area contributed by atoms with Crippen molar-refractivity contribution in [2.24, 2.45) is 0 Å². The maximum Gasteiger partial charge on any atom is 0.317 e. The predicted molar refractivity (Wildman–Crippen MR) is 117 cm³/mol. The van der Waals surface area contributed by atoms with Crippen molar-refractivity contribution in [1.82, 2.24) is 15.1 Å². The third-order valence-corrected chi connectivity index (χ3v) is 5.58. The maximum atomic E-state index is 12.5. The number of likely N-dealkylation sites (tertiary alicyclic amines) is 1. The van der Waals surface area contributed by atoms with E-state index in [1.807, 2.05) is 31.0 Å². The summed E-state index contributed by atoms with van der Waals surface area (Å²) in [5, 5.41) is 14.4. The molecule has 0 radical (unpaired) electrons. The molecule has 1 aliphatic rings. The molecule has 158 valence electrons. The van der Waals surface area contributed by atoms with Gasteiger partial charge in [0, 0.05) is 19.1 Å². The summed E-state index contributed by atoms with van der Waals surface area (Å²) in [4.78, 5) is 27.4. The molecule has 1 saturated heterocycles. The average molecular weight is 420 g/mol. The monoisotopic (exact) mass is 419 g/mol. The smallest absolute Gasteiger partial charge is 0.317 e. The lowest BCUT2D eigenvalue weighted by molar-refractivity contribution is -0.138. The van der Waals surface area contributed by atoms with Crippen LogP contribution >= 0.6 is 12.4 Å². The standard InChI is InChI=1S/C22H29N3O3.ClH/c1-16(18-8-7-17-5-3-4-6-19(17)13-18)23-21(26)14-25-11-9-20(10-12-25)24(2)15-22(27)28;/h3-8,13,16,20H,9-12,14-15H2,1-2H3,(H,23,26)(H,27,28);1H. The molecule has 2 N–H and O–H groups in total. The minimum Gasteiger partial charge on any atom is -0.480 e. The van der Waals surface area contributed by atoms with Gasteiger partial charge in [-0.25, -0.2) is 0 Å². The number of likely N-dealkylation sites (N-methyl/N-ethyl adjacent to an activating group) is 1. The van der Waals surface area contributed by atoms with Crippen LogP contribution in [0.3, 0.4) is 0 Å². The van der Waals surface area contributed by atoms with Crippen LogP contribution in [0.1, 0.15) is 31.4 Å². The van der Waals surface area contributed by atoms with E-state index >= 15 is 0 Å². The molecule has 29 heavy (non-hydrogen) atoms. The van der Waals surface area contributed by atoms with Crippen LogP contribution in [0.2, 0.25) is 0 Å². The molecule has 1 amide bonds. The van der Waals surface area contributed by atoms with E-state index in [4.69, 9.17) is 5.11 Å². The van der Waals surface area contributed by atoms with Crippen molar-refractivity contribution >= 4 is 35.1 Å². The van der Waals surface area contributed by atoms with E-state index < -0.39 is 5.97 Å². The fraction of sp³-hybridized carbons (Fsp3) is 0.455. The van der Waals surface area contributed by atoms with Gasteiger partial charge in [-0.3, -0.25) is 19.4 Å². The second-order valence-electron chi connectivity index (χ2n) is 7.71.